The molecule has 1 N–H and O–H groups in total. The summed E-state index contributed by atoms with van der Waals surface area (Å²) >= 11 is 0. The molecule has 1 saturated carbocycles. The summed E-state index contributed by atoms with van der Waals surface area (Å²) in [5.74, 6) is 0. The Bertz CT molecular complexity index is 466. The van der Waals surface area contributed by atoms with Crippen molar-refractivity contribution in [3.63, 3.8) is 0 Å². The quantitative estimate of drug-likeness (QED) is 0.696. The second kappa shape index (κ2) is 10.6. The molecule has 4 nitrogen and oxygen atoms in total. The van der Waals surface area contributed by atoms with E-state index in [1.54, 1.807) is 0 Å². The number of nitrogens with zero attached hydrogens (tertiary/aromatic N) is 2. The van der Waals surface area contributed by atoms with Crippen LogP contribution in [0, 0.1) is 0 Å². The van der Waals surface area contributed by atoms with E-state index in [1.165, 1.54) is 24.8 Å². The van der Waals surface area contributed by atoms with Gasteiger partial charge in [-0.25, -0.2) is 4.79 Å². The molecule has 0 spiro atoms. The van der Waals surface area contributed by atoms with Crippen LogP contribution in [0.3, 0.4) is 0 Å². The van der Waals surface area contributed by atoms with Crippen LogP contribution in [-0.2, 0) is 0 Å². The number of carbonyl (C=O) groups excluding carboxylic acids is 1. The minimum absolute atomic E-state index is 0.151. The summed E-state index contributed by atoms with van der Waals surface area (Å²) in [6.07, 6.45) is 14.9. The largest absolute Gasteiger partial charge is 0.335 e. The van der Waals surface area contributed by atoms with Gasteiger partial charge in [0.1, 0.15) is 0 Å². The van der Waals surface area contributed by atoms with Gasteiger partial charge >= 0.3 is 6.03 Å². The average Bonchev–Trinajstić information content (AvgIpc) is 3.08. The van der Waals surface area contributed by atoms with E-state index < -0.39 is 0 Å². The van der Waals surface area contributed by atoms with Crippen LogP contribution in [0.25, 0.3) is 0 Å². The third-order valence-corrected chi connectivity index (χ3v) is 5.57. The predicted molar refractivity (Wildman–Crippen MR) is 106 cm³/mol. The molecule has 0 aromatic rings. The summed E-state index contributed by atoms with van der Waals surface area (Å²) in [4.78, 5) is 17.3. The van der Waals surface area contributed by atoms with Crippen molar-refractivity contribution in [2.24, 2.45) is 0 Å². The topological polar surface area (TPSA) is 35.6 Å². The summed E-state index contributed by atoms with van der Waals surface area (Å²) in [6, 6.07) is 0.891. The van der Waals surface area contributed by atoms with Crippen molar-refractivity contribution in [3.8, 4) is 0 Å². The minimum atomic E-state index is 0.151. The molecule has 0 radical (unpaired) electrons. The van der Waals surface area contributed by atoms with E-state index in [9.17, 15) is 4.79 Å². The minimum Gasteiger partial charge on any atom is -0.335 e. The zero-order valence-electron chi connectivity index (χ0n) is 16.5. The second-order valence-electron chi connectivity index (χ2n) is 7.42. The van der Waals surface area contributed by atoms with Gasteiger partial charge in [0, 0.05) is 38.3 Å². The van der Waals surface area contributed by atoms with Crippen molar-refractivity contribution in [2.45, 2.75) is 77.8 Å². The fourth-order valence-electron chi connectivity index (χ4n) is 4.05. The molecule has 1 saturated heterocycles. The van der Waals surface area contributed by atoms with E-state index in [0.29, 0.717) is 12.1 Å². The van der Waals surface area contributed by atoms with E-state index in [0.717, 1.165) is 51.9 Å². The lowest BCUT2D eigenvalue weighted by molar-refractivity contribution is 0.171. The average molecular weight is 348 g/mol. The Morgan fingerprint density at radius 3 is 2.60 bits per heavy atom. The Kier molecular flexibility index (Phi) is 8.53. The Hall–Kier alpha value is -1.29. The van der Waals surface area contributed by atoms with Gasteiger partial charge < -0.3 is 10.2 Å². The van der Waals surface area contributed by atoms with Gasteiger partial charge in [0.05, 0.1) is 0 Å². The number of nitrogens with one attached hydrogen (secondary N) is 1. The van der Waals surface area contributed by atoms with Crippen LogP contribution in [-0.4, -0.2) is 54.1 Å². The van der Waals surface area contributed by atoms with Crippen molar-refractivity contribution in [2.75, 3.05) is 26.2 Å². The molecule has 4 heteroatoms. The Labute approximate surface area is 154 Å². The third kappa shape index (κ3) is 6.18. The van der Waals surface area contributed by atoms with Gasteiger partial charge in [0.15, 0.2) is 0 Å². The molecule has 142 valence electrons. The maximum atomic E-state index is 12.7. The number of hydrogen-bond acceptors (Lipinski definition) is 2. The fraction of sp³-hybridized carbons (Fsp3) is 0.762. The first-order valence-corrected chi connectivity index (χ1v) is 10.3. The molecule has 2 rings (SSSR count). The Morgan fingerprint density at radius 2 is 1.96 bits per heavy atom. The van der Waals surface area contributed by atoms with Crippen LogP contribution < -0.4 is 5.32 Å². The van der Waals surface area contributed by atoms with Gasteiger partial charge in [0.2, 0.25) is 0 Å². The number of allylic oxidation sites excluding steroid dienone is 2. The van der Waals surface area contributed by atoms with Gasteiger partial charge in [-0.3, -0.25) is 4.90 Å². The normalized spacial score (nSPS) is 23.3. The predicted octanol–water partition coefficient (Wildman–Crippen LogP) is 4.34. The van der Waals surface area contributed by atoms with Gasteiger partial charge in [-0.05, 0) is 45.1 Å². The highest BCUT2D eigenvalue weighted by Crippen LogP contribution is 2.20. The maximum absolute atomic E-state index is 12.7. The van der Waals surface area contributed by atoms with Crippen LogP contribution in [0.15, 0.2) is 23.8 Å². The van der Waals surface area contributed by atoms with Crippen molar-refractivity contribution < 1.29 is 4.79 Å². The molecule has 2 aliphatic rings. The number of likely N-dealkylation sites (N-methyl/N-ethyl adjacent to an activating group) is 1. The molecule has 2 amide bonds. The number of urea groups is 1. The molecule has 1 aliphatic carbocycles. The van der Waals surface area contributed by atoms with E-state index in [-0.39, 0.29) is 6.03 Å². The molecule has 0 bridgehead atoms. The molecular weight excluding hydrogens is 310 g/mol. The summed E-state index contributed by atoms with van der Waals surface area (Å²) in [5, 5.41) is 3.29. The van der Waals surface area contributed by atoms with E-state index >= 15 is 0 Å². The van der Waals surface area contributed by atoms with Gasteiger partial charge in [-0.15, -0.1) is 0 Å². The van der Waals surface area contributed by atoms with Crippen LogP contribution in [0.4, 0.5) is 4.79 Å². The molecule has 1 unspecified atom stereocenters. The highest BCUT2D eigenvalue weighted by Gasteiger charge is 2.30. The van der Waals surface area contributed by atoms with Crippen molar-refractivity contribution in [3.05, 3.63) is 23.8 Å². The van der Waals surface area contributed by atoms with Gasteiger partial charge in [-0.1, -0.05) is 44.4 Å². The van der Waals surface area contributed by atoms with Crippen LogP contribution in [0.2, 0.25) is 0 Å². The van der Waals surface area contributed by atoms with Crippen molar-refractivity contribution in [1.82, 2.24) is 15.1 Å². The lowest BCUT2D eigenvalue weighted by Gasteiger charge is -2.31. The van der Waals surface area contributed by atoms with Crippen LogP contribution in [0.1, 0.15) is 65.7 Å². The van der Waals surface area contributed by atoms with E-state index in [2.05, 4.69) is 54.1 Å². The lowest BCUT2D eigenvalue weighted by Crippen LogP contribution is -2.50. The van der Waals surface area contributed by atoms with Crippen LogP contribution >= 0.6 is 0 Å². The molecule has 1 aliphatic heterocycles. The Balaban J connectivity index is 1.84. The first-order valence-electron chi connectivity index (χ1n) is 10.3. The van der Waals surface area contributed by atoms with Gasteiger partial charge in [0.25, 0.3) is 0 Å². The standard InChI is InChI=1S/C21H37N3O/c1-4-7-11-18(5-2)16-23-15-14-20(17-23)24(6-3)21(25)22-19-12-9-8-10-13-19/h5,7,11,19-20H,4,6,8-10,12-17H2,1-3H3,(H,22,25). The molecular formula is C21H37N3O. The van der Waals surface area contributed by atoms with Gasteiger partial charge in [-0.2, -0.15) is 0 Å². The molecule has 1 heterocycles. The highest BCUT2D eigenvalue weighted by molar-refractivity contribution is 5.75. The number of carbonyl (C=O) groups is 1. The first kappa shape index (κ1) is 20.0. The van der Waals surface area contributed by atoms with E-state index in [4.69, 9.17) is 0 Å². The summed E-state index contributed by atoms with van der Waals surface area (Å²) in [5.41, 5.74) is 1.37. The summed E-state index contributed by atoms with van der Waals surface area (Å²) < 4.78 is 0. The number of hydrogen-bond donors (Lipinski definition) is 1. The number of likely N-dealkylation sites (tertiary alicyclic amines) is 1. The fourth-order valence-corrected chi connectivity index (χ4v) is 4.05. The molecule has 1 atom stereocenters. The Morgan fingerprint density at radius 1 is 1.20 bits per heavy atom. The smallest absolute Gasteiger partial charge is 0.317 e. The SMILES string of the molecule is CC=C(C=CCC)CN1CCC(N(CC)C(=O)NC2CCCCC2)C1. The number of rotatable bonds is 7. The lowest BCUT2D eigenvalue weighted by atomic mass is 9.96. The maximum Gasteiger partial charge on any atom is 0.317 e. The third-order valence-electron chi connectivity index (χ3n) is 5.57. The first-order chi connectivity index (χ1) is 12.2. The van der Waals surface area contributed by atoms with E-state index in [1.807, 2.05) is 0 Å². The van der Waals surface area contributed by atoms with Crippen molar-refractivity contribution >= 4 is 6.03 Å². The zero-order chi connectivity index (χ0) is 18.1. The highest BCUT2D eigenvalue weighted by atomic mass is 16.2. The molecule has 2 fully saturated rings. The zero-order valence-corrected chi connectivity index (χ0v) is 16.5. The van der Waals surface area contributed by atoms with Crippen LogP contribution in [0.5, 0.6) is 0 Å². The summed E-state index contributed by atoms with van der Waals surface area (Å²) in [7, 11) is 0. The second-order valence-corrected chi connectivity index (χ2v) is 7.42. The molecule has 0 aromatic heterocycles. The van der Waals surface area contributed by atoms with Crippen molar-refractivity contribution in [1.29, 1.82) is 0 Å². The monoisotopic (exact) mass is 347 g/mol. The number of amides is 2. The summed E-state index contributed by atoms with van der Waals surface area (Å²) in [6.45, 7) is 10.2. The molecule has 25 heavy (non-hydrogen) atoms. The molecule has 0 aromatic carbocycles.